The molecule has 88 valence electrons. The van der Waals surface area contributed by atoms with Gasteiger partial charge in [-0.15, -0.1) is 12.3 Å². The van der Waals surface area contributed by atoms with Crippen molar-refractivity contribution >= 4 is 39.1 Å². The summed E-state index contributed by atoms with van der Waals surface area (Å²) in [7, 11) is 0. The summed E-state index contributed by atoms with van der Waals surface area (Å²) in [6, 6.07) is 2.73. The largest absolute Gasteiger partial charge is 0.307 e. The molecule has 0 spiro atoms. The number of carbonyl (C=O) groups is 1. The van der Waals surface area contributed by atoms with Crippen LogP contribution >= 0.6 is 27.5 Å². The molecule has 1 aromatic rings. The molecule has 1 fully saturated rings. The van der Waals surface area contributed by atoms with Crippen molar-refractivity contribution in [2.45, 2.75) is 6.42 Å². The minimum absolute atomic E-state index is 0.163. The number of amides is 1. The number of rotatable bonds is 1. The first-order valence-corrected chi connectivity index (χ1v) is 6.11. The van der Waals surface area contributed by atoms with Crippen molar-refractivity contribution in [2.24, 2.45) is 5.92 Å². The Hall–Kier alpha value is -1.05. The predicted molar refractivity (Wildman–Crippen MR) is 68.4 cm³/mol. The standard InChI is InChI=1S/C12H8BrClFNO/c1-2-7-3-11(17)16(6-7)12-9(13)4-8(14)5-10(12)15/h1,4-5,7H,3,6H2. The zero-order chi connectivity index (χ0) is 12.6. The molecule has 1 saturated heterocycles. The molecule has 2 rings (SSSR count). The second-order valence-electron chi connectivity index (χ2n) is 3.79. The highest BCUT2D eigenvalue weighted by molar-refractivity contribution is 9.10. The summed E-state index contributed by atoms with van der Waals surface area (Å²) < 4.78 is 14.3. The highest BCUT2D eigenvalue weighted by Gasteiger charge is 2.32. The van der Waals surface area contributed by atoms with Crippen molar-refractivity contribution in [2.75, 3.05) is 11.4 Å². The van der Waals surface area contributed by atoms with Crippen LogP contribution in [0.5, 0.6) is 0 Å². The summed E-state index contributed by atoms with van der Waals surface area (Å²) in [4.78, 5) is 13.1. The molecule has 1 aliphatic rings. The van der Waals surface area contributed by atoms with E-state index in [4.69, 9.17) is 18.0 Å². The Morgan fingerprint density at radius 2 is 2.29 bits per heavy atom. The lowest BCUT2D eigenvalue weighted by molar-refractivity contribution is -0.117. The molecule has 1 unspecified atom stereocenters. The highest BCUT2D eigenvalue weighted by atomic mass is 79.9. The summed E-state index contributed by atoms with van der Waals surface area (Å²) in [6.07, 6.45) is 5.54. The van der Waals surface area contributed by atoms with Crippen molar-refractivity contribution in [3.05, 3.63) is 27.4 Å². The molecule has 1 aromatic carbocycles. The lowest BCUT2D eigenvalue weighted by atomic mass is 10.1. The van der Waals surface area contributed by atoms with Crippen LogP contribution in [0.3, 0.4) is 0 Å². The molecule has 1 aliphatic heterocycles. The first-order chi connectivity index (χ1) is 8.02. The van der Waals surface area contributed by atoms with Crippen LogP contribution in [-0.2, 0) is 4.79 Å². The molecule has 0 N–H and O–H groups in total. The second kappa shape index (κ2) is 4.67. The topological polar surface area (TPSA) is 20.3 Å². The first-order valence-electron chi connectivity index (χ1n) is 4.94. The molecule has 1 amide bonds. The molecular weight excluding hydrogens is 308 g/mol. The minimum atomic E-state index is -0.532. The van der Waals surface area contributed by atoms with Crippen molar-refractivity contribution in [1.82, 2.24) is 0 Å². The van der Waals surface area contributed by atoms with Crippen molar-refractivity contribution in [3.8, 4) is 12.3 Å². The van der Waals surface area contributed by atoms with Gasteiger partial charge in [-0.1, -0.05) is 11.6 Å². The van der Waals surface area contributed by atoms with Crippen LogP contribution in [-0.4, -0.2) is 12.5 Å². The maximum absolute atomic E-state index is 13.8. The van der Waals surface area contributed by atoms with Gasteiger partial charge >= 0.3 is 0 Å². The Morgan fingerprint density at radius 1 is 1.59 bits per heavy atom. The second-order valence-corrected chi connectivity index (χ2v) is 5.08. The smallest absolute Gasteiger partial charge is 0.228 e. The van der Waals surface area contributed by atoms with E-state index >= 15 is 0 Å². The van der Waals surface area contributed by atoms with Gasteiger partial charge in [0.15, 0.2) is 0 Å². The van der Waals surface area contributed by atoms with Gasteiger partial charge in [-0.3, -0.25) is 4.79 Å². The molecule has 1 atom stereocenters. The van der Waals surface area contributed by atoms with Crippen molar-refractivity contribution in [3.63, 3.8) is 0 Å². The molecular formula is C12H8BrClFNO. The zero-order valence-corrected chi connectivity index (χ0v) is 11.1. The lowest BCUT2D eigenvalue weighted by Crippen LogP contribution is -2.25. The molecule has 0 radical (unpaired) electrons. The van der Waals surface area contributed by atoms with Crippen LogP contribution in [0.15, 0.2) is 16.6 Å². The van der Waals surface area contributed by atoms with Gasteiger partial charge in [0.25, 0.3) is 0 Å². The van der Waals surface area contributed by atoms with Gasteiger partial charge in [0, 0.05) is 28.4 Å². The molecule has 0 aliphatic carbocycles. The van der Waals surface area contributed by atoms with E-state index in [2.05, 4.69) is 21.9 Å². The van der Waals surface area contributed by atoms with Gasteiger partial charge in [0.1, 0.15) is 5.82 Å². The molecule has 0 bridgehead atoms. The number of carbonyl (C=O) groups excluding carboxylic acids is 1. The summed E-state index contributed by atoms with van der Waals surface area (Å²) in [5.74, 6) is 1.65. The average molecular weight is 317 g/mol. The monoisotopic (exact) mass is 315 g/mol. The maximum Gasteiger partial charge on any atom is 0.228 e. The van der Waals surface area contributed by atoms with E-state index in [1.54, 1.807) is 6.07 Å². The number of hydrogen-bond donors (Lipinski definition) is 0. The van der Waals surface area contributed by atoms with E-state index in [0.29, 0.717) is 11.0 Å². The summed E-state index contributed by atoms with van der Waals surface area (Å²) in [5, 5.41) is 0.276. The van der Waals surface area contributed by atoms with E-state index in [1.807, 2.05) is 0 Å². The summed E-state index contributed by atoms with van der Waals surface area (Å²) >= 11 is 8.92. The van der Waals surface area contributed by atoms with Gasteiger partial charge in [0.2, 0.25) is 5.91 Å². The number of hydrogen-bond acceptors (Lipinski definition) is 1. The van der Waals surface area contributed by atoms with E-state index in [9.17, 15) is 9.18 Å². The SMILES string of the molecule is C#CC1CC(=O)N(c2c(F)cc(Cl)cc2Br)C1. The molecule has 0 saturated carbocycles. The lowest BCUT2D eigenvalue weighted by Gasteiger charge is -2.18. The Labute approximate surface area is 112 Å². The van der Waals surface area contributed by atoms with Gasteiger partial charge in [-0.05, 0) is 28.1 Å². The fourth-order valence-corrected chi connectivity index (χ4v) is 2.81. The Morgan fingerprint density at radius 3 is 2.82 bits per heavy atom. The number of terminal acetylenes is 1. The number of anilines is 1. The van der Waals surface area contributed by atoms with Crippen molar-refractivity contribution in [1.29, 1.82) is 0 Å². The quantitative estimate of drug-likeness (QED) is 0.729. The zero-order valence-electron chi connectivity index (χ0n) is 8.71. The Kier molecular flexibility index (Phi) is 3.41. The average Bonchev–Trinajstić information content (AvgIpc) is 2.59. The molecule has 17 heavy (non-hydrogen) atoms. The van der Waals surface area contributed by atoms with E-state index in [0.717, 1.165) is 0 Å². The highest BCUT2D eigenvalue weighted by Crippen LogP contribution is 2.35. The normalized spacial score (nSPS) is 19.5. The molecule has 2 nitrogen and oxygen atoms in total. The van der Waals surface area contributed by atoms with Crippen LogP contribution in [0.2, 0.25) is 5.02 Å². The predicted octanol–water partition coefficient (Wildman–Crippen LogP) is 3.23. The molecule has 5 heteroatoms. The van der Waals surface area contributed by atoms with E-state index in [1.165, 1.54) is 11.0 Å². The van der Waals surface area contributed by atoms with Crippen LogP contribution in [0.1, 0.15) is 6.42 Å². The third kappa shape index (κ3) is 2.31. The number of halogens is 3. The first kappa shape index (κ1) is 12.4. The van der Waals surface area contributed by atoms with Gasteiger partial charge in [0.05, 0.1) is 5.69 Å². The number of nitrogens with zero attached hydrogens (tertiary/aromatic N) is 1. The van der Waals surface area contributed by atoms with Crippen LogP contribution in [0.4, 0.5) is 10.1 Å². The van der Waals surface area contributed by atoms with Gasteiger partial charge in [-0.25, -0.2) is 4.39 Å². The fourth-order valence-electron chi connectivity index (χ4n) is 1.83. The van der Waals surface area contributed by atoms with E-state index in [-0.39, 0.29) is 29.0 Å². The maximum atomic E-state index is 13.8. The van der Waals surface area contributed by atoms with Crippen LogP contribution in [0.25, 0.3) is 0 Å². The molecule has 0 aromatic heterocycles. The molecule has 1 heterocycles. The van der Waals surface area contributed by atoms with Crippen LogP contribution in [0, 0.1) is 24.1 Å². The van der Waals surface area contributed by atoms with Gasteiger partial charge < -0.3 is 4.90 Å². The fraction of sp³-hybridized carbons (Fsp3) is 0.250. The third-order valence-electron chi connectivity index (χ3n) is 2.61. The van der Waals surface area contributed by atoms with Crippen LogP contribution < -0.4 is 4.90 Å². The third-order valence-corrected chi connectivity index (χ3v) is 3.44. The van der Waals surface area contributed by atoms with E-state index < -0.39 is 5.82 Å². The minimum Gasteiger partial charge on any atom is -0.307 e. The summed E-state index contributed by atoms with van der Waals surface area (Å²) in [5.41, 5.74) is 0.206. The Bertz CT molecular complexity index is 503. The van der Waals surface area contributed by atoms with Gasteiger partial charge in [-0.2, -0.15) is 0 Å². The number of benzene rings is 1. The Balaban J connectivity index is 2.42. The summed E-state index contributed by atoms with van der Waals surface area (Å²) in [6.45, 7) is 0.340. The van der Waals surface area contributed by atoms with Crippen molar-refractivity contribution < 1.29 is 9.18 Å².